The van der Waals surface area contributed by atoms with Crippen molar-refractivity contribution in [2.45, 2.75) is 20.4 Å². The molecule has 0 aliphatic rings. The Balaban J connectivity index is 2.03. The first kappa shape index (κ1) is 12.2. The maximum atomic E-state index is 11.3. The van der Waals surface area contributed by atoms with Gasteiger partial charge in [0.1, 0.15) is 12.0 Å². The van der Waals surface area contributed by atoms with Crippen LogP contribution in [0.5, 0.6) is 0 Å². The molecule has 2 aromatic heterocycles. The molecule has 0 radical (unpaired) electrons. The zero-order valence-corrected chi connectivity index (χ0v) is 10.5. The van der Waals surface area contributed by atoms with E-state index in [1.165, 1.54) is 13.4 Å². The minimum Gasteiger partial charge on any atom is -0.467 e. The van der Waals surface area contributed by atoms with Crippen LogP contribution in [0.25, 0.3) is 0 Å². The highest BCUT2D eigenvalue weighted by Crippen LogP contribution is 2.18. The van der Waals surface area contributed by atoms with Crippen LogP contribution in [-0.4, -0.2) is 23.3 Å². The Hall–Kier alpha value is -2.24. The Labute approximate surface area is 104 Å². The number of nitrogens with zero attached hydrogens (tertiary/aromatic N) is 1. The molecule has 0 amide bonds. The molecule has 0 aliphatic carbocycles. The second-order valence-electron chi connectivity index (χ2n) is 3.96. The van der Waals surface area contributed by atoms with Crippen LogP contribution in [0, 0.1) is 13.8 Å². The summed E-state index contributed by atoms with van der Waals surface area (Å²) in [5.74, 6) is 0.260. The Kier molecular flexibility index (Phi) is 3.36. The molecule has 6 heteroatoms. The van der Waals surface area contributed by atoms with Gasteiger partial charge in [-0.1, -0.05) is 0 Å². The Morgan fingerprint density at radius 2 is 2.33 bits per heavy atom. The molecule has 0 fully saturated rings. The van der Waals surface area contributed by atoms with Gasteiger partial charge < -0.3 is 14.5 Å². The Bertz CT molecular complexity index is 537. The van der Waals surface area contributed by atoms with Crippen molar-refractivity contribution in [3.8, 4) is 0 Å². The number of aryl methyl sites for hydroxylation is 2. The maximum absolute atomic E-state index is 11.3. The third-order valence-corrected chi connectivity index (χ3v) is 2.64. The molecule has 0 aliphatic heterocycles. The molecule has 0 saturated heterocycles. The van der Waals surface area contributed by atoms with E-state index in [1.807, 2.05) is 13.8 Å². The summed E-state index contributed by atoms with van der Waals surface area (Å²) < 4.78 is 9.88. The SMILES string of the molecule is COC(=O)c1coc(CNc2c(C)n[nH]c2C)c1. The number of aromatic amines is 1. The van der Waals surface area contributed by atoms with Crippen molar-refractivity contribution in [1.29, 1.82) is 0 Å². The first-order valence-corrected chi connectivity index (χ1v) is 5.53. The number of carbonyl (C=O) groups excluding carboxylic acids is 1. The normalized spacial score (nSPS) is 10.4. The number of hydrogen-bond acceptors (Lipinski definition) is 5. The number of rotatable bonds is 4. The van der Waals surface area contributed by atoms with E-state index in [0.29, 0.717) is 17.9 Å². The number of ether oxygens (including phenoxy) is 1. The summed E-state index contributed by atoms with van der Waals surface area (Å²) in [5, 5.41) is 10.2. The van der Waals surface area contributed by atoms with Crippen LogP contribution < -0.4 is 5.32 Å². The molecule has 0 aromatic carbocycles. The molecule has 2 N–H and O–H groups in total. The average Bonchev–Trinajstić information content (AvgIpc) is 2.95. The van der Waals surface area contributed by atoms with Gasteiger partial charge in [0.05, 0.1) is 36.3 Å². The molecule has 0 spiro atoms. The monoisotopic (exact) mass is 249 g/mol. The van der Waals surface area contributed by atoms with Gasteiger partial charge >= 0.3 is 5.97 Å². The number of aromatic nitrogens is 2. The fourth-order valence-electron chi connectivity index (χ4n) is 1.69. The highest BCUT2D eigenvalue weighted by Gasteiger charge is 2.11. The predicted octanol–water partition coefficient (Wildman–Crippen LogP) is 2.02. The van der Waals surface area contributed by atoms with E-state index in [4.69, 9.17) is 4.42 Å². The lowest BCUT2D eigenvalue weighted by atomic mass is 10.3. The number of H-pyrrole nitrogens is 1. The smallest absolute Gasteiger partial charge is 0.341 e. The second-order valence-corrected chi connectivity index (χ2v) is 3.96. The van der Waals surface area contributed by atoms with Crippen molar-refractivity contribution < 1.29 is 13.9 Å². The highest BCUT2D eigenvalue weighted by molar-refractivity contribution is 5.89. The second kappa shape index (κ2) is 4.95. The van der Waals surface area contributed by atoms with Crippen LogP contribution in [0.4, 0.5) is 5.69 Å². The topological polar surface area (TPSA) is 80.2 Å². The summed E-state index contributed by atoms with van der Waals surface area (Å²) in [6.45, 7) is 4.33. The van der Waals surface area contributed by atoms with Gasteiger partial charge in [-0.05, 0) is 19.9 Å². The summed E-state index contributed by atoms with van der Waals surface area (Å²) in [6, 6.07) is 1.66. The molecule has 0 bridgehead atoms. The van der Waals surface area contributed by atoms with E-state index in [1.54, 1.807) is 6.07 Å². The van der Waals surface area contributed by atoms with E-state index in [2.05, 4.69) is 20.3 Å². The standard InChI is InChI=1S/C12H15N3O3/c1-7-11(8(2)15-14-7)13-5-10-4-9(6-18-10)12(16)17-3/h4,6,13H,5H2,1-3H3,(H,14,15). The fourth-order valence-corrected chi connectivity index (χ4v) is 1.69. The van der Waals surface area contributed by atoms with Gasteiger partial charge in [0.25, 0.3) is 0 Å². The lowest BCUT2D eigenvalue weighted by molar-refractivity contribution is 0.0600. The van der Waals surface area contributed by atoms with Gasteiger partial charge in [0, 0.05) is 0 Å². The first-order chi connectivity index (χ1) is 8.61. The summed E-state index contributed by atoms with van der Waals surface area (Å²) in [6.07, 6.45) is 1.39. The van der Waals surface area contributed by atoms with E-state index >= 15 is 0 Å². The first-order valence-electron chi connectivity index (χ1n) is 5.53. The summed E-state index contributed by atoms with van der Waals surface area (Å²) in [4.78, 5) is 11.3. The van der Waals surface area contributed by atoms with Crippen molar-refractivity contribution in [2.24, 2.45) is 0 Å². The number of esters is 1. The van der Waals surface area contributed by atoms with Crippen molar-refractivity contribution in [1.82, 2.24) is 10.2 Å². The minimum absolute atomic E-state index is 0.402. The van der Waals surface area contributed by atoms with E-state index in [-0.39, 0.29) is 0 Å². The molecule has 0 atom stereocenters. The number of hydrogen-bond donors (Lipinski definition) is 2. The summed E-state index contributed by atoms with van der Waals surface area (Å²) >= 11 is 0. The summed E-state index contributed by atoms with van der Waals surface area (Å²) in [5.41, 5.74) is 3.22. The average molecular weight is 249 g/mol. The van der Waals surface area contributed by atoms with Gasteiger partial charge in [-0.2, -0.15) is 5.10 Å². The van der Waals surface area contributed by atoms with Crippen molar-refractivity contribution in [3.63, 3.8) is 0 Å². The largest absolute Gasteiger partial charge is 0.467 e. The maximum Gasteiger partial charge on any atom is 0.341 e. The lowest BCUT2D eigenvalue weighted by Crippen LogP contribution is -2.01. The number of carbonyl (C=O) groups is 1. The van der Waals surface area contributed by atoms with Gasteiger partial charge in [-0.15, -0.1) is 0 Å². The van der Waals surface area contributed by atoms with E-state index in [0.717, 1.165) is 17.1 Å². The Morgan fingerprint density at radius 1 is 1.56 bits per heavy atom. The van der Waals surface area contributed by atoms with Crippen molar-refractivity contribution in [3.05, 3.63) is 35.0 Å². The van der Waals surface area contributed by atoms with E-state index < -0.39 is 5.97 Å². The number of nitrogens with one attached hydrogen (secondary N) is 2. The molecule has 6 nitrogen and oxygen atoms in total. The molecule has 2 heterocycles. The number of anilines is 1. The third kappa shape index (κ3) is 2.37. The van der Waals surface area contributed by atoms with Crippen molar-refractivity contribution in [2.75, 3.05) is 12.4 Å². The Morgan fingerprint density at radius 3 is 2.94 bits per heavy atom. The van der Waals surface area contributed by atoms with Crippen LogP contribution in [0.3, 0.4) is 0 Å². The van der Waals surface area contributed by atoms with Gasteiger partial charge in [-0.25, -0.2) is 4.79 Å². The molecule has 18 heavy (non-hydrogen) atoms. The van der Waals surface area contributed by atoms with Crippen LogP contribution in [0.2, 0.25) is 0 Å². The molecule has 0 unspecified atom stereocenters. The van der Waals surface area contributed by atoms with Crippen LogP contribution in [-0.2, 0) is 11.3 Å². The van der Waals surface area contributed by atoms with Crippen LogP contribution >= 0.6 is 0 Å². The molecule has 0 saturated carbocycles. The predicted molar refractivity (Wildman–Crippen MR) is 65.4 cm³/mol. The zero-order chi connectivity index (χ0) is 13.1. The lowest BCUT2D eigenvalue weighted by Gasteiger charge is -2.03. The van der Waals surface area contributed by atoms with E-state index in [9.17, 15) is 4.79 Å². The molecule has 2 aromatic rings. The molecular formula is C12H15N3O3. The van der Waals surface area contributed by atoms with Crippen LogP contribution in [0.15, 0.2) is 16.7 Å². The molecule has 2 rings (SSSR count). The minimum atomic E-state index is -0.402. The van der Waals surface area contributed by atoms with Gasteiger partial charge in [-0.3, -0.25) is 5.10 Å². The van der Waals surface area contributed by atoms with Gasteiger partial charge in [0.2, 0.25) is 0 Å². The molecular weight excluding hydrogens is 234 g/mol. The fraction of sp³-hybridized carbons (Fsp3) is 0.333. The van der Waals surface area contributed by atoms with Crippen molar-refractivity contribution >= 4 is 11.7 Å². The molecule has 96 valence electrons. The summed E-state index contributed by atoms with van der Waals surface area (Å²) in [7, 11) is 1.34. The third-order valence-electron chi connectivity index (χ3n) is 2.64. The quantitative estimate of drug-likeness (QED) is 0.810. The number of furan rings is 1. The van der Waals surface area contributed by atoms with Crippen LogP contribution in [0.1, 0.15) is 27.5 Å². The van der Waals surface area contributed by atoms with Gasteiger partial charge in [0.15, 0.2) is 0 Å². The highest BCUT2D eigenvalue weighted by atomic mass is 16.5. The number of methoxy groups -OCH3 is 1. The zero-order valence-electron chi connectivity index (χ0n) is 10.5.